The summed E-state index contributed by atoms with van der Waals surface area (Å²) in [4.78, 5) is 0. The molecule has 2 nitrogen and oxygen atoms in total. The predicted molar refractivity (Wildman–Crippen MR) is 86.0 cm³/mol. The maximum atomic E-state index is 6.53. The molecule has 0 radical (unpaired) electrons. The third-order valence-electron chi connectivity index (χ3n) is 3.97. The molecule has 2 aromatic carbocycles. The normalized spacial score (nSPS) is 17.3. The summed E-state index contributed by atoms with van der Waals surface area (Å²) in [5, 5.41) is 1.35. The van der Waals surface area contributed by atoms with Crippen molar-refractivity contribution in [3.8, 4) is 0 Å². The number of benzene rings is 2. The summed E-state index contributed by atoms with van der Waals surface area (Å²) < 4.78 is 0. The Bertz CT molecular complexity index is 531. The molecular formula is C16H18Cl2N2. The highest BCUT2D eigenvalue weighted by Crippen LogP contribution is 2.36. The van der Waals surface area contributed by atoms with E-state index in [1.165, 1.54) is 0 Å². The molecule has 2 atom stereocenters. The summed E-state index contributed by atoms with van der Waals surface area (Å²) in [5.41, 5.74) is 13.4. The van der Waals surface area contributed by atoms with Crippen LogP contribution in [-0.4, -0.2) is 0 Å². The largest absolute Gasteiger partial charge is 0.320 e. The van der Waals surface area contributed by atoms with Crippen LogP contribution in [-0.2, 0) is 11.1 Å². The molecular weight excluding hydrogens is 291 g/mol. The highest BCUT2D eigenvalue weighted by atomic mass is 35.5. The van der Waals surface area contributed by atoms with Crippen LogP contribution in [0.5, 0.6) is 0 Å². The molecule has 0 aliphatic carbocycles. The van der Waals surface area contributed by atoms with Crippen LogP contribution < -0.4 is 11.5 Å². The second-order valence-corrected chi connectivity index (χ2v) is 6.29. The van der Waals surface area contributed by atoms with Crippen LogP contribution in [0.2, 0.25) is 10.0 Å². The fraction of sp³-hybridized carbons (Fsp3) is 0.250. The van der Waals surface area contributed by atoms with Gasteiger partial charge in [-0.1, -0.05) is 47.5 Å². The molecule has 0 spiro atoms. The Balaban J connectivity index is 2.45. The van der Waals surface area contributed by atoms with E-state index in [-0.39, 0.29) is 0 Å². The predicted octanol–water partition coefficient (Wildman–Crippen LogP) is 4.04. The van der Waals surface area contributed by atoms with E-state index >= 15 is 0 Å². The summed E-state index contributed by atoms with van der Waals surface area (Å²) in [6.45, 7) is 3.84. The van der Waals surface area contributed by atoms with Crippen molar-refractivity contribution in [1.29, 1.82) is 0 Å². The van der Waals surface area contributed by atoms with Gasteiger partial charge in [0.05, 0.1) is 11.1 Å². The van der Waals surface area contributed by atoms with Crippen LogP contribution in [0.1, 0.15) is 25.0 Å². The third-order valence-corrected chi connectivity index (χ3v) is 4.47. The Kier molecular flexibility index (Phi) is 4.12. The molecule has 2 aromatic rings. The quantitative estimate of drug-likeness (QED) is 0.899. The first kappa shape index (κ1) is 15.3. The van der Waals surface area contributed by atoms with Crippen molar-refractivity contribution >= 4 is 23.2 Å². The topological polar surface area (TPSA) is 52.0 Å². The minimum Gasteiger partial charge on any atom is -0.320 e. The Hall–Kier alpha value is -1.06. The molecule has 0 amide bonds. The van der Waals surface area contributed by atoms with E-state index in [0.717, 1.165) is 11.1 Å². The van der Waals surface area contributed by atoms with E-state index in [9.17, 15) is 0 Å². The van der Waals surface area contributed by atoms with Gasteiger partial charge >= 0.3 is 0 Å². The van der Waals surface area contributed by atoms with Gasteiger partial charge in [-0.2, -0.15) is 0 Å². The monoisotopic (exact) mass is 308 g/mol. The lowest BCUT2D eigenvalue weighted by Crippen LogP contribution is -2.57. The van der Waals surface area contributed by atoms with Gasteiger partial charge in [0.15, 0.2) is 0 Å². The minimum absolute atomic E-state index is 0.676. The molecule has 0 fully saturated rings. The summed E-state index contributed by atoms with van der Waals surface area (Å²) in [7, 11) is 0. The number of nitrogens with two attached hydrogens (primary N) is 2. The fourth-order valence-corrected chi connectivity index (χ4v) is 2.44. The molecule has 0 aliphatic rings. The van der Waals surface area contributed by atoms with Crippen LogP contribution in [0.4, 0.5) is 0 Å². The number of rotatable bonds is 3. The SMILES string of the molecule is C[C@@](N)(c1ccc(Cl)cc1)[C@](C)(N)c1ccc(Cl)cc1. The zero-order valence-electron chi connectivity index (χ0n) is 11.5. The molecule has 0 aromatic heterocycles. The van der Waals surface area contributed by atoms with Crippen LogP contribution in [0, 0.1) is 0 Å². The molecule has 106 valence electrons. The molecule has 4 heteroatoms. The van der Waals surface area contributed by atoms with E-state index in [2.05, 4.69) is 0 Å². The lowest BCUT2D eigenvalue weighted by atomic mass is 9.72. The zero-order valence-corrected chi connectivity index (χ0v) is 13.0. The van der Waals surface area contributed by atoms with Gasteiger partial charge in [0, 0.05) is 10.0 Å². The molecule has 2 rings (SSSR count). The van der Waals surface area contributed by atoms with E-state index < -0.39 is 11.1 Å². The van der Waals surface area contributed by atoms with Crippen LogP contribution in [0.15, 0.2) is 48.5 Å². The van der Waals surface area contributed by atoms with Crippen molar-refractivity contribution in [3.63, 3.8) is 0 Å². The minimum atomic E-state index is -0.745. The van der Waals surface area contributed by atoms with E-state index in [1.807, 2.05) is 62.4 Å². The molecule has 0 saturated carbocycles. The molecule has 0 heterocycles. The Morgan fingerprint density at radius 2 is 0.900 bits per heavy atom. The molecule has 0 unspecified atom stereocenters. The van der Waals surface area contributed by atoms with Gasteiger partial charge in [-0.15, -0.1) is 0 Å². The zero-order chi connectivity index (χ0) is 15.0. The second kappa shape index (κ2) is 5.38. The summed E-state index contributed by atoms with van der Waals surface area (Å²) in [6.07, 6.45) is 0. The second-order valence-electron chi connectivity index (χ2n) is 5.42. The maximum absolute atomic E-state index is 6.53. The van der Waals surface area contributed by atoms with Gasteiger partial charge in [0.1, 0.15) is 0 Å². The highest BCUT2D eigenvalue weighted by molar-refractivity contribution is 6.30. The van der Waals surface area contributed by atoms with Crippen LogP contribution in [0.3, 0.4) is 0 Å². The average Bonchev–Trinajstić information content (AvgIpc) is 2.39. The van der Waals surface area contributed by atoms with Gasteiger partial charge < -0.3 is 11.5 Å². The highest BCUT2D eigenvalue weighted by Gasteiger charge is 2.41. The van der Waals surface area contributed by atoms with Gasteiger partial charge in [-0.05, 0) is 49.2 Å². The Morgan fingerprint density at radius 3 is 1.15 bits per heavy atom. The molecule has 0 aliphatic heterocycles. The standard InChI is InChI=1S/C16H18Cl2N2/c1-15(19,11-3-7-13(17)8-4-11)16(2,20)12-5-9-14(18)10-6-12/h3-10H,19-20H2,1-2H3/t15-,16-/m1/s1. The lowest BCUT2D eigenvalue weighted by molar-refractivity contribution is 0.268. The van der Waals surface area contributed by atoms with Crippen molar-refractivity contribution in [1.82, 2.24) is 0 Å². The summed E-state index contributed by atoms with van der Waals surface area (Å²) in [5.74, 6) is 0. The van der Waals surface area contributed by atoms with E-state index in [0.29, 0.717) is 10.0 Å². The Morgan fingerprint density at radius 1 is 0.650 bits per heavy atom. The molecule has 20 heavy (non-hydrogen) atoms. The fourth-order valence-electron chi connectivity index (χ4n) is 2.19. The number of hydrogen-bond donors (Lipinski definition) is 2. The number of hydrogen-bond acceptors (Lipinski definition) is 2. The third kappa shape index (κ3) is 2.70. The van der Waals surface area contributed by atoms with Gasteiger partial charge in [-0.25, -0.2) is 0 Å². The van der Waals surface area contributed by atoms with Crippen LogP contribution in [0.25, 0.3) is 0 Å². The van der Waals surface area contributed by atoms with Crippen molar-refractivity contribution in [3.05, 3.63) is 69.7 Å². The molecule has 4 N–H and O–H groups in total. The van der Waals surface area contributed by atoms with Gasteiger partial charge in [0.25, 0.3) is 0 Å². The lowest BCUT2D eigenvalue weighted by Gasteiger charge is -2.42. The first-order valence-electron chi connectivity index (χ1n) is 6.35. The van der Waals surface area contributed by atoms with Crippen molar-refractivity contribution < 1.29 is 0 Å². The van der Waals surface area contributed by atoms with Gasteiger partial charge in [0.2, 0.25) is 0 Å². The molecule has 0 bridgehead atoms. The van der Waals surface area contributed by atoms with E-state index in [1.54, 1.807) is 0 Å². The number of halogens is 2. The first-order chi connectivity index (χ1) is 9.25. The summed E-state index contributed by atoms with van der Waals surface area (Å²) >= 11 is 11.8. The van der Waals surface area contributed by atoms with Gasteiger partial charge in [-0.3, -0.25) is 0 Å². The van der Waals surface area contributed by atoms with Crippen molar-refractivity contribution in [2.75, 3.05) is 0 Å². The van der Waals surface area contributed by atoms with E-state index in [4.69, 9.17) is 34.7 Å². The van der Waals surface area contributed by atoms with Crippen molar-refractivity contribution in [2.24, 2.45) is 11.5 Å². The first-order valence-corrected chi connectivity index (χ1v) is 7.10. The average molecular weight is 309 g/mol. The Labute approximate surface area is 129 Å². The van der Waals surface area contributed by atoms with Crippen LogP contribution >= 0.6 is 23.2 Å². The maximum Gasteiger partial charge on any atom is 0.0603 e. The molecule has 0 saturated heterocycles. The van der Waals surface area contributed by atoms with Crippen molar-refractivity contribution in [2.45, 2.75) is 24.9 Å². The smallest absolute Gasteiger partial charge is 0.0603 e. The summed E-state index contributed by atoms with van der Waals surface area (Å²) in [6, 6.07) is 14.9.